The van der Waals surface area contributed by atoms with E-state index in [0.29, 0.717) is 11.3 Å². The van der Waals surface area contributed by atoms with E-state index < -0.39 is 6.04 Å². The molecule has 5 heteroatoms. The number of phenols is 1. The monoisotopic (exact) mass is 314 g/mol. The summed E-state index contributed by atoms with van der Waals surface area (Å²) in [6.07, 6.45) is 5.05. The second kappa shape index (κ2) is 5.72. The SMILES string of the molecule is CC(C)c1cc2c(c(C(C)C)c1O)OCC(n1ccnc1)C2=O. The third-order valence-electron chi connectivity index (χ3n) is 4.36. The Kier molecular flexibility index (Phi) is 3.88. The predicted octanol–water partition coefficient (Wildman–Crippen LogP) is 3.65. The lowest BCUT2D eigenvalue weighted by molar-refractivity contribution is 0.0838. The molecule has 2 heterocycles. The molecule has 1 aromatic carbocycles. The molecule has 0 aliphatic carbocycles. The van der Waals surface area contributed by atoms with E-state index in [0.717, 1.165) is 11.1 Å². The summed E-state index contributed by atoms with van der Waals surface area (Å²) in [6.45, 7) is 8.26. The number of ketones is 1. The van der Waals surface area contributed by atoms with Crippen molar-refractivity contribution in [1.82, 2.24) is 9.55 Å². The van der Waals surface area contributed by atoms with Gasteiger partial charge in [0.1, 0.15) is 24.1 Å². The van der Waals surface area contributed by atoms with Crippen LogP contribution in [0.4, 0.5) is 0 Å². The maximum absolute atomic E-state index is 13.0. The Morgan fingerprint density at radius 3 is 2.61 bits per heavy atom. The Labute approximate surface area is 135 Å². The zero-order chi connectivity index (χ0) is 16.7. The molecule has 3 rings (SSSR count). The molecule has 0 saturated heterocycles. The minimum Gasteiger partial charge on any atom is -0.507 e. The van der Waals surface area contributed by atoms with Crippen LogP contribution < -0.4 is 4.74 Å². The van der Waals surface area contributed by atoms with Crippen molar-refractivity contribution in [1.29, 1.82) is 0 Å². The highest BCUT2D eigenvalue weighted by Gasteiger charge is 2.34. The Bertz CT molecular complexity index is 733. The molecular formula is C18H22N2O3. The van der Waals surface area contributed by atoms with E-state index in [-0.39, 0.29) is 30.0 Å². The van der Waals surface area contributed by atoms with Crippen LogP contribution in [0.3, 0.4) is 0 Å². The summed E-state index contributed by atoms with van der Waals surface area (Å²) >= 11 is 0. The molecule has 23 heavy (non-hydrogen) atoms. The third-order valence-corrected chi connectivity index (χ3v) is 4.36. The van der Waals surface area contributed by atoms with Crippen molar-refractivity contribution < 1.29 is 14.6 Å². The number of nitrogens with zero attached hydrogens (tertiary/aromatic N) is 2. The lowest BCUT2D eigenvalue weighted by atomic mass is 9.87. The highest BCUT2D eigenvalue weighted by atomic mass is 16.5. The molecule has 5 nitrogen and oxygen atoms in total. The Morgan fingerprint density at radius 1 is 1.30 bits per heavy atom. The van der Waals surface area contributed by atoms with Crippen molar-refractivity contribution in [2.75, 3.05) is 6.61 Å². The maximum Gasteiger partial charge on any atom is 0.192 e. The summed E-state index contributed by atoms with van der Waals surface area (Å²) < 4.78 is 7.67. The van der Waals surface area contributed by atoms with E-state index in [4.69, 9.17) is 4.74 Å². The summed E-state index contributed by atoms with van der Waals surface area (Å²) in [5.41, 5.74) is 2.07. The molecule has 1 aromatic heterocycles. The molecule has 0 saturated carbocycles. The normalized spacial score (nSPS) is 17.5. The van der Waals surface area contributed by atoms with Crippen LogP contribution in [-0.4, -0.2) is 27.0 Å². The first kappa shape index (κ1) is 15.6. The fourth-order valence-electron chi connectivity index (χ4n) is 3.10. The number of carbonyl (C=O) groups excluding carboxylic acids is 1. The minimum absolute atomic E-state index is 0.00745. The highest BCUT2D eigenvalue weighted by Crippen LogP contribution is 2.45. The van der Waals surface area contributed by atoms with Gasteiger partial charge in [0, 0.05) is 18.0 Å². The van der Waals surface area contributed by atoms with Crippen LogP contribution >= 0.6 is 0 Å². The number of rotatable bonds is 3. The van der Waals surface area contributed by atoms with Gasteiger partial charge in [-0.15, -0.1) is 0 Å². The molecule has 1 aliphatic rings. The number of benzene rings is 1. The molecule has 0 fully saturated rings. The largest absolute Gasteiger partial charge is 0.507 e. The van der Waals surface area contributed by atoms with Gasteiger partial charge in [0.25, 0.3) is 0 Å². The molecule has 1 unspecified atom stereocenters. The van der Waals surface area contributed by atoms with Crippen LogP contribution in [0, 0.1) is 0 Å². The molecule has 1 N–H and O–H groups in total. The van der Waals surface area contributed by atoms with Gasteiger partial charge in [0.05, 0.1) is 11.9 Å². The molecule has 0 radical (unpaired) electrons. The lowest BCUT2D eigenvalue weighted by Crippen LogP contribution is -2.31. The van der Waals surface area contributed by atoms with Gasteiger partial charge in [0.2, 0.25) is 0 Å². The van der Waals surface area contributed by atoms with Gasteiger partial charge in [0.15, 0.2) is 5.78 Å². The molecule has 1 aliphatic heterocycles. The number of aromatic hydroxyl groups is 1. The topological polar surface area (TPSA) is 64.3 Å². The summed E-state index contributed by atoms with van der Waals surface area (Å²) in [5, 5.41) is 10.6. The number of ether oxygens (including phenoxy) is 1. The van der Waals surface area contributed by atoms with Gasteiger partial charge in [-0.25, -0.2) is 4.98 Å². The highest BCUT2D eigenvalue weighted by molar-refractivity contribution is 6.03. The average molecular weight is 314 g/mol. The van der Waals surface area contributed by atoms with Gasteiger partial charge in [-0.1, -0.05) is 27.7 Å². The van der Waals surface area contributed by atoms with Crippen molar-refractivity contribution in [3.8, 4) is 11.5 Å². The predicted molar refractivity (Wildman–Crippen MR) is 87.4 cm³/mol. The number of imidazole rings is 1. The average Bonchev–Trinajstić information content (AvgIpc) is 3.00. The number of aromatic nitrogens is 2. The van der Waals surface area contributed by atoms with Gasteiger partial charge in [-0.2, -0.15) is 0 Å². The van der Waals surface area contributed by atoms with Crippen molar-refractivity contribution in [2.45, 2.75) is 45.6 Å². The van der Waals surface area contributed by atoms with Crippen LogP contribution in [0.15, 0.2) is 24.8 Å². The van der Waals surface area contributed by atoms with Gasteiger partial charge < -0.3 is 14.4 Å². The zero-order valence-electron chi connectivity index (χ0n) is 13.9. The van der Waals surface area contributed by atoms with E-state index >= 15 is 0 Å². The Balaban J connectivity index is 2.16. The van der Waals surface area contributed by atoms with E-state index in [2.05, 4.69) is 4.98 Å². The summed E-state index contributed by atoms with van der Waals surface area (Å²) in [7, 11) is 0. The van der Waals surface area contributed by atoms with Crippen LogP contribution in [0.5, 0.6) is 11.5 Å². The number of fused-ring (bicyclic) bond motifs is 1. The van der Waals surface area contributed by atoms with Gasteiger partial charge in [-0.05, 0) is 23.5 Å². The van der Waals surface area contributed by atoms with Crippen LogP contribution in [0.2, 0.25) is 0 Å². The van der Waals surface area contributed by atoms with Crippen molar-refractivity contribution in [2.24, 2.45) is 0 Å². The number of phenolic OH excluding ortho intramolecular Hbond substituents is 1. The van der Waals surface area contributed by atoms with Crippen molar-refractivity contribution in [3.05, 3.63) is 41.5 Å². The molecule has 1 atom stereocenters. The molecule has 2 aromatic rings. The van der Waals surface area contributed by atoms with Gasteiger partial charge >= 0.3 is 0 Å². The van der Waals surface area contributed by atoms with E-state index in [1.165, 1.54) is 0 Å². The number of hydrogen-bond acceptors (Lipinski definition) is 4. The first-order valence-electron chi connectivity index (χ1n) is 7.96. The standard InChI is InChI=1S/C18H22N2O3/c1-10(2)12-7-13-16(21)14(20-6-5-19-9-20)8-23-18(13)15(11(3)4)17(12)22/h5-7,9-11,14,22H,8H2,1-4H3. The van der Waals surface area contributed by atoms with Gasteiger partial charge in [-0.3, -0.25) is 4.79 Å². The molecular weight excluding hydrogens is 292 g/mol. The number of Topliss-reactive ketones (excluding diaryl/α,β-unsaturated/α-hetero) is 1. The Morgan fingerprint density at radius 2 is 2.04 bits per heavy atom. The first-order chi connectivity index (χ1) is 10.9. The third kappa shape index (κ3) is 2.50. The maximum atomic E-state index is 13.0. The quantitative estimate of drug-likeness (QED) is 0.939. The van der Waals surface area contributed by atoms with Crippen molar-refractivity contribution in [3.63, 3.8) is 0 Å². The van der Waals surface area contributed by atoms with Crippen molar-refractivity contribution >= 4 is 5.78 Å². The zero-order valence-corrected chi connectivity index (χ0v) is 13.9. The second-order valence-electron chi connectivity index (χ2n) is 6.62. The van der Waals surface area contributed by atoms with Crippen LogP contribution in [0.1, 0.15) is 67.1 Å². The van der Waals surface area contributed by atoms with Crippen LogP contribution in [-0.2, 0) is 0 Å². The first-order valence-corrected chi connectivity index (χ1v) is 7.96. The minimum atomic E-state index is -0.408. The number of carbonyl (C=O) groups is 1. The fourth-order valence-corrected chi connectivity index (χ4v) is 3.10. The summed E-state index contributed by atoms with van der Waals surface area (Å²) in [6, 6.07) is 1.38. The van der Waals surface area contributed by atoms with E-state index in [1.54, 1.807) is 29.4 Å². The number of hydrogen-bond donors (Lipinski definition) is 1. The lowest BCUT2D eigenvalue weighted by Gasteiger charge is -2.29. The second-order valence-corrected chi connectivity index (χ2v) is 6.62. The molecule has 0 spiro atoms. The van der Waals surface area contributed by atoms with E-state index in [9.17, 15) is 9.90 Å². The summed E-state index contributed by atoms with van der Waals surface area (Å²) in [5.74, 6) is 0.984. The molecule has 0 bridgehead atoms. The fraction of sp³-hybridized carbons (Fsp3) is 0.444. The smallest absolute Gasteiger partial charge is 0.192 e. The molecule has 122 valence electrons. The summed E-state index contributed by atoms with van der Waals surface area (Å²) in [4.78, 5) is 17.0. The van der Waals surface area contributed by atoms with Crippen LogP contribution in [0.25, 0.3) is 0 Å². The Hall–Kier alpha value is -2.30. The molecule has 0 amide bonds. The van der Waals surface area contributed by atoms with E-state index in [1.807, 2.05) is 27.7 Å².